The van der Waals surface area contributed by atoms with Gasteiger partial charge in [0.1, 0.15) is 10.6 Å². The van der Waals surface area contributed by atoms with Crippen molar-refractivity contribution in [3.05, 3.63) is 74.1 Å². The Hall–Kier alpha value is -3.30. The normalized spacial score (nSPS) is 15.3. The molecule has 0 saturated carbocycles. The Kier molecular flexibility index (Phi) is 6.06. The number of carbonyl (C=O) groups excluding carboxylic acids is 2. The van der Waals surface area contributed by atoms with Gasteiger partial charge in [-0.05, 0) is 49.2 Å². The number of benzene rings is 2. The summed E-state index contributed by atoms with van der Waals surface area (Å²) in [6.07, 6.45) is 1.62. The summed E-state index contributed by atoms with van der Waals surface area (Å²) < 4.78 is 7.95. The number of hydrogen-bond donors (Lipinski definition) is 0. The van der Waals surface area contributed by atoms with Crippen molar-refractivity contribution in [1.29, 1.82) is 0 Å². The fourth-order valence-corrected chi connectivity index (χ4v) is 5.64. The Balaban J connectivity index is 1.53. The first kappa shape index (κ1) is 23.4. The summed E-state index contributed by atoms with van der Waals surface area (Å²) in [5.41, 5.74) is 2.49. The molecule has 0 radical (unpaired) electrons. The van der Waals surface area contributed by atoms with Crippen molar-refractivity contribution in [3.8, 4) is 16.9 Å². The van der Waals surface area contributed by atoms with Crippen molar-refractivity contribution in [1.82, 2.24) is 9.55 Å². The molecule has 178 valence electrons. The monoisotopic (exact) mass is 551 g/mol. The fraction of sp³-hybridized carbons (Fsp3) is 0.231. The van der Waals surface area contributed by atoms with E-state index in [-0.39, 0.29) is 23.8 Å². The number of nitrogens with zero attached hydrogens (tertiary/aromatic N) is 3. The van der Waals surface area contributed by atoms with Gasteiger partial charge < -0.3 is 9.64 Å². The second-order valence-electron chi connectivity index (χ2n) is 8.38. The average Bonchev–Trinajstić information content (AvgIpc) is 3.24. The van der Waals surface area contributed by atoms with Crippen molar-refractivity contribution in [3.63, 3.8) is 0 Å². The third kappa shape index (κ3) is 4.08. The summed E-state index contributed by atoms with van der Waals surface area (Å²) in [4.78, 5) is 46.7. The third-order valence-corrected chi connectivity index (χ3v) is 7.91. The van der Waals surface area contributed by atoms with E-state index in [1.165, 1.54) is 27.1 Å². The molecule has 3 heterocycles. The van der Waals surface area contributed by atoms with Crippen molar-refractivity contribution >= 4 is 54.9 Å². The lowest BCUT2D eigenvalue weighted by Crippen LogP contribution is -2.42. The SMILES string of the molecule is CCc1sc2ncn(CC(=O)c3ccc4c(c3)N(C)C(=O)C(C)O4)c(=O)c2c1-c1ccc(Br)cc1. The van der Waals surface area contributed by atoms with Gasteiger partial charge in [0.25, 0.3) is 11.5 Å². The van der Waals surface area contributed by atoms with Crippen LogP contribution in [0.25, 0.3) is 21.3 Å². The third-order valence-electron chi connectivity index (χ3n) is 6.14. The average molecular weight is 552 g/mol. The molecule has 35 heavy (non-hydrogen) atoms. The molecule has 1 aliphatic heterocycles. The van der Waals surface area contributed by atoms with E-state index in [1.807, 2.05) is 24.3 Å². The molecule has 0 bridgehead atoms. The molecule has 4 aromatic rings. The molecule has 0 N–H and O–H groups in total. The van der Waals surface area contributed by atoms with E-state index in [0.717, 1.165) is 26.9 Å². The van der Waals surface area contributed by atoms with E-state index in [9.17, 15) is 14.4 Å². The summed E-state index contributed by atoms with van der Waals surface area (Å²) in [5, 5.41) is 0.530. The van der Waals surface area contributed by atoms with Crippen LogP contribution < -0.4 is 15.2 Å². The maximum atomic E-state index is 13.5. The molecule has 1 unspecified atom stereocenters. The first-order chi connectivity index (χ1) is 16.8. The van der Waals surface area contributed by atoms with Crippen LogP contribution in [0.15, 0.2) is 58.1 Å². The number of ketones is 1. The van der Waals surface area contributed by atoms with Gasteiger partial charge in [-0.1, -0.05) is 35.0 Å². The van der Waals surface area contributed by atoms with Crippen LogP contribution in [0.2, 0.25) is 0 Å². The Morgan fingerprint density at radius 2 is 1.91 bits per heavy atom. The van der Waals surface area contributed by atoms with Gasteiger partial charge in [-0.15, -0.1) is 11.3 Å². The number of amides is 1. The maximum Gasteiger partial charge on any atom is 0.267 e. The zero-order chi connectivity index (χ0) is 24.9. The highest BCUT2D eigenvalue weighted by Gasteiger charge is 2.29. The van der Waals surface area contributed by atoms with Crippen molar-refractivity contribution < 1.29 is 14.3 Å². The highest BCUT2D eigenvalue weighted by atomic mass is 79.9. The van der Waals surface area contributed by atoms with E-state index in [4.69, 9.17) is 4.74 Å². The largest absolute Gasteiger partial charge is 0.479 e. The summed E-state index contributed by atoms with van der Waals surface area (Å²) >= 11 is 4.96. The Labute approximate surface area is 214 Å². The van der Waals surface area contributed by atoms with Crippen molar-refractivity contribution in [2.24, 2.45) is 0 Å². The molecule has 7 nitrogen and oxygen atoms in total. The summed E-state index contributed by atoms with van der Waals surface area (Å²) in [7, 11) is 1.66. The molecule has 0 aliphatic carbocycles. The lowest BCUT2D eigenvalue weighted by Gasteiger charge is -2.30. The first-order valence-electron chi connectivity index (χ1n) is 11.2. The molecule has 1 aliphatic rings. The molecule has 0 saturated heterocycles. The molecule has 2 aromatic carbocycles. The smallest absolute Gasteiger partial charge is 0.267 e. The number of halogens is 1. The number of ether oxygens (including phenoxy) is 1. The molecule has 9 heteroatoms. The molecule has 1 atom stereocenters. The molecule has 0 spiro atoms. The lowest BCUT2D eigenvalue weighted by molar-refractivity contribution is -0.125. The number of anilines is 1. The van der Waals surface area contributed by atoms with Gasteiger partial charge in [0.15, 0.2) is 11.9 Å². The van der Waals surface area contributed by atoms with Crippen LogP contribution in [-0.2, 0) is 17.8 Å². The summed E-state index contributed by atoms with van der Waals surface area (Å²) in [6.45, 7) is 3.58. The lowest BCUT2D eigenvalue weighted by atomic mass is 10.0. The number of aromatic nitrogens is 2. The highest BCUT2D eigenvalue weighted by molar-refractivity contribution is 9.10. The minimum Gasteiger partial charge on any atom is -0.479 e. The number of Topliss-reactive ketones (excluding diaryl/α,β-unsaturated/α-hetero) is 1. The predicted molar refractivity (Wildman–Crippen MR) is 141 cm³/mol. The van der Waals surface area contributed by atoms with E-state index >= 15 is 0 Å². The van der Waals surface area contributed by atoms with Gasteiger partial charge in [0, 0.05) is 27.5 Å². The van der Waals surface area contributed by atoms with E-state index < -0.39 is 6.10 Å². The topological polar surface area (TPSA) is 81.5 Å². The minimum absolute atomic E-state index is 0.160. The molecule has 0 fully saturated rings. The van der Waals surface area contributed by atoms with Gasteiger partial charge in [-0.3, -0.25) is 19.0 Å². The van der Waals surface area contributed by atoms with Gasteiger partial charge in [0.2, 0.25) is 0 Å². The number of rotatable bonds is 5. The highest BCUT2D eigenvalue weighted by Crippen LogP contribution is 2.37. The van der Waals surface area contributed by atoms with Gasteiger partial charge in [-0.2, -0.15) is 0 Å². The standard InChI is InChI=1S/C26H22BrN3O4S/c1-4-21-22(15-5-8-17(27)9-6-15)23-24(35-21)28-13-30(26(23)33)12-19(31)16-7-10-20-18(11-16)29(3)25(32)14(2)34-20/h5-11,13-14H,4,12H2,1-3H3. The van der Waals surface area contributed by atoms with E-state index in [2.05, 4.69) is 27.8 Å². The summed E-state index contributed by atoms with van der Waals surface area (Å²) in [5.74, 6) is 0.102. The Morgan fingerprint density at radius 3 is 2.63 bits per heavy atom. The number of hydrogen-bond acceptors (Lipinski definition) is 6. The number of thiophene rings is 1. The Bertz CT molecular complexity index is 1540. The molecular formula is C26H22BrN3O4S. The molecular weight excluding hydrogens is 530 g/mol. The number of likely N-dealkylation sites (N-methyl/N-ethyl adjacent to an activating group) is 1. The zero-order valence-corrected chi connectivity index (χ0v) is 21.8. The Morgan fingerprint density at radius 1 is 1.17 bits per heavy atom. The minimum atomic E-state index is -0.580. The number of aryl methyl sites for hydroxylation is 1. The predicted octanol–water partition coefficient (Wildman–Crippen LogP) is 5.08. The van der Waals surface area contributed by atoms with Crippen LogP contribution in [-0.4, -0.2) is 34.4 Å². The van der Waals surface area contributed by atoms with Crippen LogP contribution in [0, 0.1) is 0 Å². The second kappa shape index (κ2) is 9.05. The number of fused-ring (bicyclic) bond motifs is 2. The maximum absolute atomic E-state index is 13.5. The van der Waals surface area contributed by atoms with Crippen molar-refractivity contribution in [2.45, 2.75) is 32.9 Å². The van der Waals surface area contributed by atoms with Crippen LogP contribution in [0.5, 0.6) is 5.75 Å². The van der Waals surface area contributed by atoms with E-state index in [1.54, 1.807) is 32.2 Å². The second-order valence-corrected chi connectivity index (χ2v) is 10.4. The van der Waals surface area contributed by atoms with Crippen LogP contribution in [0.1, 0.15) is 29.1 Å². The quantitative estimate of drug-likeness (QED) is 0.323. The van der Waals surface area contributed by atoms with Crippen molar-refractivity contribution in [2.75, 3.05) is 11.9 Å². The fourth-order valence-electron chi connectivity index (χ4n) is 4.29. The van der Waals surface area contributed by atoms with Gasteiger partial charge >= 0.3 is 0 Å². The van der Waals surface area contributed by atoms with Gasteiger partial charge in [-0.25, -0.2) is 4.98 Å². The molecule has 2 aromatic heterocycles. The van der Waals surface area contributed by atoms with Crippen LogP contribution in [0.3, 0.4) is 0 Å². The van der Waals surface area contributed by atoms with Gasteiger partial charge in [0.05, 0.1) is 23.9 Å². The first-order valence-corrected chi connectivity index (χ1v) is 12.8. The zero-order valence-electron chi connectivity index (χ0n) is 19.4. The molecule has 1 amide bonds. The molecule has 5 rings (SSSR count). The summed E-state index contributed by atoms with van der Waals surface area (Å²) in [6, 6.07) is 12.8. The van der Waals surface area contributed by atoms with E-state index in [0.29, 0.717) is 27.2 Å². The van der Waals surface area contributed by atoms with Crippen LogP contribution >= 0.6 is 27.3 Å². The number of carbonyl (C=O) groups is 2. The van der Waals surface area contributed by atoms with Crippen LogP contribution in [0.4, 0.5) is 5.69 Å².